The van der Waals surface area contributed by atoms with Crippen molar-refractivity contribution in [3.05, 3.63) is 77.0 Å². The first-order valence-electron chi connectivity index (χ1n) is 12.5. The number of benzene rings is 2. The van der Waals surface area contributed by atoms with E-state index in [-0.39, 0.29) is 6.04 Å². The quantitative estimate of drug-likeness (QED) is 0.354. The zero-order valence-corrected chi connectivity index (χ0v) is 21.2. The summed E-state index contributed by atoms with van der Waals surface area (Å²) in [5.41, 5.74) is 5.31. The molecular formula is C29H35N3O4. The first-order valence-corrected chi connectivity index (χ1v) is 12.5. The molecule has 2 aromatic carbocycles. The summed E-state index contributed by atoms with van der Waals surface area (Å²) in [6, 6.07) is 14.8. The highest BCUT2D eigenvalue weighted by atomic mass is 16.6. The Kier molecular flexibility index (Phi) is 7.79. The van der Waals surface area contributed by atoms with Crippen LogP contribution in [0, 0.1) is 0 Å². The number of ether oxygens (including phenoxy) is 1. The van der Waals surface area contributed by atoms with Gasteiger partial charge in [-0.3, -0.25) is 4.90 Å². The van der Waals surface area contributed by atoms with E-state index in [0.717, 1.165) is 36.9 Å². The first-order chi connectivity index (χ1) is 17.2. The number of nitrogens with zero attached hydrogens (tertiary/aromatic N) is 1. The van der Waals surface area contributed by atoms with Crippen molar-refractivity contribution in [2.24, 2.45) is 0 Å². The number of H-pyrrole nitrogens is 1. The molecule has 0 spiro atoms. The molecule has 1 atom stereocenters. The molecule has 0 saturated heterocycles. The minimum absolute atomic E-state index is 0.239. The summed E-state index contributed by atoms with van der Waals surface area (Å²) in [7, 11) is 0. The Labute approximate surface area is 212 Å². The number of nitrogens with one attached hydrogen (secondary N) is 2. The minimum atomic E-state index is -0.950. The van der Waals surface area contributed by atoms with Gasteiger partial charge in [-0.2, -0.15) is 0 Å². The van der Waals surface area contributed by atoms with E-state index in [4.69, 9.17) is 9.84 Å². The summed E-state index contributed by atoms with van der Waals surface area (Å²) in [6.45, 7) is 7.61. The molecule has 7 heteroatoms. The number of carbonyl (C=O) groups is 2. The molecule has 0 saturated carbocycles. The summed E-state index contributed by atoms with van der Waals surface area (Å²) in [5.74, 6) is -0.950. The SMILES string of the molecule is CC(C)(C)OC(=O)NCCN(CCc1c[nH]c2ccccc12)C1CCc2cc(/C=C/C(=O)O)ccc21. The molecule has 7 nitrogen and oxygen atoms in total. The van der Waals surface area contributed by atoms with Gasteiger partial charge in [-0.15, -0.1) is 0 Å². The Morgan fingerprint density at radius 1 is 1.19 bits per heavy atom. The fourth-order valence-corrected chi connectivity index (χ4v) is 4.91. The van der Waals surface area contributed by atoms with Crippen LogP contribution in [0.3, 0.4) is 0 Å². The summed E-state index contributed by atoms with van der Waals surface area (Å²) in [6.07, 6.45) is 7.31. The number of hydrogen-bond acceptors (Lipinski definition) is 4. The number of aliphatic carboxylic acids is 1. The summed E-state index contributed by atoms with van der Waals surface area (Å²) in [5, 5.41) is 13.1. The van der Waals surface area contributed by atoms with Gasteiger partial charge >= 0.3 is 12.1 Å². The molecule has 1 aliphatic carbocycles. The molecule has 36 heavy (non-hydrogen) atoms. The number of carbonyl (C=O) groups excluding carboxylic acids is 1. The maximum atomic E-state index is 12.2. The maximum absolute atomic E-state index is 12.2. The van der Waals surface area contributed by atoms with Crippen molar-refractivity contribution in [2.45, 2.75) is 51.7 Å². The number of carboxylic acid groups (broad SMARTS) is 1. The van der Waals surface area contributed by atoms with E-state index in [1.807, 2.05) is 32.9 Å². The van der Waals surface area contributed by atoms with Crippen molar-refractivity contribution < 1.29 is 19.4 Å². The van der Waals surface area contributed by atoms with Crippen LogP contribution in [0.25, 0.3) is 17.0 Å². The third-order valence-corrected chi connectivity index (χ3v) is 6.48. The summed E-state index contributed by atoms with van der Waals surface area (Å²) >= 11 is 0. The molecule has 3 aromatic rings. The minimum Gasteiger partial charge on any atom is -0.478 e. The van der Waals surface area contributed by atoms with Crippen LogP contribution in [0.5, 0.6) is 0 Å². The topological polar surface area (TPSA) is 94.7 Å². The van der Waals surface area contributed by atoms with Gasteiger partial charge < -0.3 is 20.1 Å². The highest BCUT2D eigenvalue weighted by molar-refractivity contribution is 5.85. The van der Waals surface area contributed by atoms with Gasteiger partial charge in [0, 0.05) is 48.9 Å². The second-order valence-electron chi connectivity index (χ2n) is 10.3. The van der Waals surface area contributed by atoms with Gasteiger partial charge in [-0.05, 0) is 74.4 Å². The number of carboxylic acids is 1. The second-order valence-corrected chi connectivity index (χ2v) is 10.3. The zero-order chi connectivity index (χ0) is 25.7. The number of amides is 1. The molecule has 1 aromatic heterocycles. The van der Waals surface area contributed by atoms with Crippen molar-refractivity contribution in [1.82, 2.24) is 15.2 Å². The summed E-state index contributed by atoms with van der Waals surface area (Å²) in [4.78, 5) is 28.9. The molecular weight excluding hydrogens is 454 g/mol. The van der Waals surface area contributed by atoms with Gasteiger partial charge in [-0.25, -0.2) is 9.59 Å². The average Bonchev–Trinajstić information content (AvgIpc) is 3.42. The van der Waals surface area contributed by atoms with E-state index < -0.39 is 17.7 Å². The Balaban J connectivity index is 1.49. The molecule has 0 fully saturated rings. The fourth-order valence-electron chi connectivity index (χ4n) is 4.91. The van der Waals surface area contributed by atoms with Crippen LogP contribution in [-0.4, -0.2) is 52.3 Å². The molecule has 1 unspecified atom stereocenters. The Morgan fingerprint density at radius 3 is 2.78 bits per heavy atom. The highest BCUT2D eigenvalue weighted by Gasteiger charge is 2.28. The molecule has 4 rings (SSSR count). The normalized spacial score (nSPS) is 15.5. The van der Waals surface area contributed by atoms with E-state index in [9.17, 15) is 9.59 Å². The predicted molar refractivity (Wildman–Crippen MR) is 142 cm³/mol. The molecule has 0 radical (unpaired) electrons. The Bertz CT molecular complexity index is 1250. The fraction of sp³-hybridized carbons (Fsp3) is 0.379. The molecule has 1 aliphatic rings. The predicted octanol–water partition coefficient (Wildman–Crippen LogP) is 5.32. The number of aryl methyl sites for hydroxylation is 1. The van der Waals surface area contributed by atoms with Gasteiger partial charge in [0.1, 0.15) is 5.60 Å². The van der Waals surface area contributed by atoms with Crippen LogP contribution in [0.15, 0.2) is 54.7 Å². The molecule has 190 valence electrons. The van der Waals surface area contributed by atoms with Crippen LogP contribution in [0.1, 0.15) is 55.5 Å². The van der Waals surface area contributed by atoms with Crippen LogP contribution >= 0.6 is 0 Å². The van der Waals surface area contributed by atoms with Crippen molar-refractivity contribution in [3.8, 4) is 0 Å². The van der Waals surface area contributed by atoms with Gasteiger partial charge in [0.15, 0.2) is 0 Å². The largest absolute Gasteiger partial charge is 0.478 e. The third-order valence-electron chi connectivity index (χ3n) is 6.48. The number of hydrogen-bond donors (Lipinski definition) is 3. The van der Waals surface area contributed by atoms with Crippen LogP contribution in [-0.2, 0) is 22.4 Å². The van der Waals surface area contributed by atoms with Crippen LogP contribution < -0.4 is 5.32 Å². The van der Waals surface area contributed by atoms with E-state index >= 15 is 0 Å². The van der Waals surface area contributed by atoms with Crippen molar-refractivity contribution in [1.29, 1.82) is 0 Å². The van der Waals surface area contributed by atoms with E-state index in [1.54, 1.807) is 6.08 Å². The standard InChI is InChI=1S/C29H35N3O4/c1-29(2,3)36-28(35)30-15-17-32(16-14-22-19-31-25-7-5-4-6-23(22)25)26-12-10-21-18-20(8-11-24(21)26)9-13-27(33)34/h4-9,11,13,18-19,26,31H,10,12,14-17H2,1-3H3,(H,30,35)(H,33,34)/b13-9+. The smallest absolute Gasteiger partial charge is 0.407 e. The van der Waals surface area contributed by atoms with E-state index in [0.29, 0.717) is 13.1 Å². The molecule has 0 bridgehead atoms. The number of aromatic nitrogens is 1. The Hall–Kier alpha value is -3.58. The van der Waals surface area contributed by atoms with Crippen molar-refractivity contribution in [2.75, 3.05) is 19.6 Å². The number of aromatic amines is 1. The van der Waals surface area contributed by atoms with Gasteiger partial charge in [0.2, 0.25) is 0 Å². The summed E-state index contributed by atoms with van der Waals surface area (Å²) < 4.78 is 5.40. The van der Waals surface area contributed by atoms with Crippen molar-refractivity contribution in [3.63, 3.8) is 0 Å². The van der Waals surface area contributed by atoms with Gasteiger partial charge in [-0.1, -0.05) is 36.4 Å². The molecule has 1 amide bonds. The van der Waals surface area contributed by atoms with Crippen LogP contribution in [0.2, 0.25) is 0 Å². The van der Waals surface area contributed by atoms with Crippen molar-refractivity contribution >= 4 is 29.0 Å². The first kappa shape index (κ1) is 25.5. The monoisotopic (exact) mass is 489 g/mol. The number of rotatable bonds is 9. The van der Waals surface area contributed by atoms with Gasteiger partial charge in [0.05, 0.1) is 0 Å². The molecule has 1 heterocycles. The third kappa shape index (κ3) is 6.55. The number of fused-ring (bicyclic) bond motifs is 2. The molecule has 3 N–H and O–H groups in total. The maximum Gasteiger partial charge on any atom is 0.407 e. The lowest BCUT2D eigenvalue weighted by Gasteiger charge is -2.30. The van der Waals surface area contributed by atoms with Crippen LogP contribution in [0.4, 0.5) is 4.79 Å². The molecule has 0 aliphatic heterocycles. The highest BCUT2D eigenvalue weighted by Crippen LogP contribution is 2.36. The average molecular weight is 490 g/mol. The lowest BCUT2D eigenvalue weighted by molar-refractivity contribution is -0.131. The lowest BCUT2D eigenvalue weighted by Crippen LogP contribution is -2.39. The second kappa shape index (κ2) is 11.0. The van der Waals surface area contributed by atoms with E-state index in [1.165, 1.54) is 28.2 Å². The lowest BCUT2D eigenvalue weighted by atomic mass is 10.0. The van der Waals surface area contributed by atoms with E-state index in [2.05, 4.69) is 51.7 Å². The zero-order valence-electron chi connectivity index (χ0n) is 21.2. The number of para-hydroxylation sites is 1. The van der Waals surface area contributed by atoms with Gasteiger partial charge in [0.25, 0.3) is 0 Å². The Morgan fingerprint density at radius 2 is 2.00 bits per heavy atom. The number of alkyl carbamates (subject to hydrolysis) is 1.